The van der Waals surface area contributed by atoms with Gasteiger partial charge < -0.3 is 9.64 Å². The van der Waals surface area contributed by atoms with Gasteiger partial charge in [-0.25, -0.2) is 9.82 Å². The highest BCUT2D eigenvalue weighted by Crippen LogP contribution is 2.43. The third-order valence-electron chi connectivity index (χ3n) is 5.47. The minimum Gasteiger partial charge on any atom is -0.496 e. The van der Waals surface area contributed by atoms with Crippen LogP contribution in [0.3, 0.4) is 0 Å². The number of nitrogens with zero attached hydrogens (tertiary/aromatic N) is 2. The molecule has 3 rings (SSSR count). The molecule has 2 aromatic rings. The number of carbonyl (C=O) groups excluding carboxylic acids is 1. The molecule has 0 radical (unpaired) electrons. The molecule has 0 aliphatic carbocycles. The van der Waals surface area contributed by atoms with Gasteiger partial charge in [0, 0.05) is 23.8 Å². The van der Waals surface area contributed by atoms with Gasteiger partial charge in [-0.2, -0.15) is 5.10 Å². The molecule has 6 heteroatoms. The molecule has 1 unspecified atom stereocenters. The Labute approximate surface area is 165 Å². The second-order valence-corrected chi connectivity index (χ2v) is 7.81. The van der Waals surface area contributed by atoms with Crippen molar-refractivity contribution in [3.8, 4) is 5.75 Å². The SMILES string of the molecule is COc1ccccc1C(=O)N/N=C\c1cc2c(cc1F)N(C)C(C)(C)CC2C. The molecule has 148 valence electrons. The number of para-hydroxylation sites is 1. The van der Waals surface area contributed by atoms with Gasteiger partial charge in [0.15, 0.2) is 0 Å². The van der Waals surface area contributed by atoms with Crippen LogP contribution >= 0.6 is 0 Å². The molecule has 0 saturated heterocycles. The number of carbonyl (C=O) groups is 1. The van der Waals surface area contributed by atoms with Gasteiger partial charge in [-0.15, -0.1) is 0 Å². The Hall–Kier alpha value is -2.89. The van der Waals surface area contributed by atoms with E-state index in [0.29, 0.717) is 22.8 Å². The second kappa shape index (κ2) is 7.62. The Kier molecular flexibility index (Phi) is 5.40. The molecule has 0 fully saturated rings. The van der Waals surface area contributed by atoms with E-state index < -0.39 is 5.91 Å². The van der Waals surface area contributed by atoms with Crippen molar-refractivity contribution < 1.29 is 13.9 Å². The third-order valence-corrected chi connectivity index (χ3v) is 5.47. The minimum absolute atomic E-state index is 0.0306. The van der Waals surface area contributed by atoms with Crippen LogP contribution in [0.25, 0.3) is 0 Å². The van der Waals surface area contributed by atoms with Gasteiger partial charge >= 0.3 is 0 Å². The molecule has 1 N–H and O–H groups in total. The summed E-state index contributed by atoms with van der Waals surface area (Å²) in [6.45, 7) is 6.47. The lowest BCUT2D eigenvalue weighted by molar-refractivity contribution is 0.0952. The van der Waals surface area contributed by atoms with E-state index in [1.165, 1.54) is 13.3 Å². The number of methoxy groups -OCH3 is 1. The molecule has 1 aliphatic rings. The molecular formula is C22H26FN3O2. The van der Waals surface area contributed by atoms with E-state index in [0.717, 1.165) is 17.7 Å². The summed E-state index contributed by atoms with van der Waals surface area (Å²) in [4.78, 5) is 14.4. The van der Waals surface area contributed by atoms with Crippen LogP contribution in [0, 0.1) is 5.82 Å². The number of amides is 1. The van der Waals surface area contributed by atoms with Crippen molar-refractivity contribution in [2.24, 2.45) is 5.10 Å². The van der Waals surface area contributed by atoms with Gasteiger partial charge in [0.25, 0.3) is 5.91 Å². The fraction of sp³-hybridized carbons (Fsp3) is 0.364. The zero-order valence-electron chi connectivity index (χ0n) is 16.9. The van der Waals surface area contributed by atoms with Crippen LogP contribution in [0.4, 0.5) is 10.1 Å². The number of hydrazone groups is 1. The first kappa shape index (κ1) is 19.9. The molecule has 5 nitrogen and oxygen atoms in total. The van der Waals surface area contributed by atoms with Crippen LogP contribution in [-0.2, 0) is 0 Å². The molecule has 2 aromatic carbocycles. The predicted octanol–water partition coefficient (Wildman–Crippen LogP) is 4.32. The molecule has 0 bridgehead atoms. The number of hydrogen-bond donors (Lipinski definition) is 1. The average molecular weight is 383 g/mol. The van der Waals surface area contributed by atoms with Crippen molar-refractivity contribution in [3.63, 3.8) is 0 Å². The fourth-order valence-corrected chi connectivity index (χ4v) is 3.76. The van der Waals surface area contributed by atoms with Crippen LogP contribution < -0.4 is 15.1 Å². The summed E-state index contributed by atoms with van der Waals surface area (Å²) >= 11 is 0. The highest BCUT2D eigenvalue weighted by molar-refractivity contribution is 5.97. The highest BCUT2D eigenvalue weighted by atomic mass is 19.1. The van der Waals surface area contributed by atoms with E-state index in [9.17, 15) is 9.18 Å². The van der Waals surface area contributed by atoms with Crippen LogP contribution in [-0.4, -0.2) is 31.8 Å². The first-order chi connectivity index (χ1) is 13.2. The average Bonchev–Trinajstić information content (AvgIpc) is 2.66. The van der Waals surface area contributed by atoms with Gasteiger partial charge in [0.1, 0.15) is 11.6 Å². The summed E-state index contributed by atoms with van der Waals surface area (Å²) in [7, 11) is 3.49. The summed E-state index contributed by atoms with van der Waals surface area (Å²) in [6.07, 6.45) is 2.32. The zero-order chi connectivity index (χ0) is 20.5. The number of rotatable bonds is 4. The van der Waals surface area contributed by atoms with Crippen LogP contribution in [0.15, 0.2) is 41.5 Å². The van der Waals surface area contributed by atoms with Crippen molar-refractivity contribution >= 4 is 17.8 Å². The topological polar surface area (TPSA) is 53.9 Å². The largest absolute Gasteiger partial charge is 0.496 e. The summed E-state index contributed by atoms with van der Waals surface area (Å²) in [5, 5.41) is 3.94. The first-order valence-corrected chi connectivity index (χ1v) is 9.28. The summed E-state index contributed by atoms with van der Waals surface area (Å²) in [5.74, 6) is -0.0283. The van der Waals surface area contributed by atoms with Gasteiger partial charge in [-0.05, 0) is 56.0 Å². The molecule has 0 aromatic heterocycles. The molecule has 1 atom stereocenters. The minimum atomic E-state index is -0.415. The van der Waals surface area contributed by atoms with Crippen LogP contribution in [0.2, 0.25) is 0 Å². The number of benzene rings is 2. The fourth-order valence-electron chi connectivity index (χ4n) is 3.76. The van der Waals surface area contributed by atoms with Crippen molar-refractivity contribution in [2.75, 3.05) is 19.1 Å². The maximum atomic E-state index is 14.6. The Morgan fingerprint density at radius 3 is 2.79 bits per heavy atom. The Morgan fingerprint density at radius 1 is 1.36 bits per heavy atom. The highest BCUT2D eigenvalue weighted by Gasteiger charge is 2.34. The second-order valence-electron chi connectivity index (χ2n) is 7.81. The quantitative estimate of drug-likeness (QED) is 0.632. The van der Waals surface area contributed by atoms with Crippen LogP contribution in [0.1, 0.15) is 54.6 Å². The normalized spacial score (nSPS) is 18.1. The molecule has 0 spiro atoms. The number of halogens is 1. The maximum absolute atomic E-state index is 14.6. The third kappa shape index (κ3) is 3.72. The molecule has 0 saturated carbocycles. The monoisotopic (exact) mass is 383 g/mol. The van der Waals surface area contributed by atoms with Crippen molar-refractivity contribution in [1.29, 1.82) is 0 Å². The lowest BCUT2D eigenvalue weighted by Gasteiger charge is -2.45. The van der Waals surface area contributed by atoms with E-state index in [-0.39, 0.29) is 11.4 Å². The number of nitrogens with one attached hydrogen (secondary N) is 1. The summed E-state index contributed by atoms with van der Waals surface area (Å²) in [6, 6.07) is 10.2. The molecule has 28 heavy (non-hydrogen) atoms. The van der Waals surface area contributed by atoms with Gasteiger partial charge in [0.05, 0.1) is 18.9 Å². The Balaban J connectivity index is 1.82. The number of fused-ring (bicyclic) bond motifs is 1. The van der Waals surface area contributed by atoms with E-state index in [2.05, 4.69) is 36.2 Å². The number of anilines is 1. The van der Waals surface area contributed by atoms with E-state index in [4.69, 9.17) is 4.74 Å². The Morgan fingerprint density at radius 2 is 2.07 bits per heavy atom. The molecule has 1 aliphatic heterocycles. The van der Waals surface area contributed by atoms with Crippen molar-refractivity contribution in [3.05, 3.63) is 58.9 Å². The lowest BCUT2D eigenvalue weighted by Crippen LogP contribution is -2.45. The van der Waals surface area contributed by atoms with Gasteiger partial charge in [-0.3, -0.25) is 4.79 Å². The van der Waals surface area contributed by atoms with E-state index >= 15 is 0 Å². The molecular weight excluding hydrogens is 357 g/mol. The van der Waals surface area contributed by atoms with Crippen molar-refractivity contribution in [2.45, 2.75) is 38.6 Å². The van der Waals surface area contributed by atoms with Crippen LogP contribution in [0.5, 0.6) is 5.75 Å². The van der Waals surface area contributed by atoms with E-state index in [1.807, 2.05) is 13.1 Å². The van der Waals surface area contributed by atoms with Gasteiger partial charge in [0.2, 0.25) is 0 Å². The van der Waals surface area contributed by atoms with Gasteiger partial charge in [-0.1, -0.05) is 19.1 Å². The lowest BCUT2D eigenvalue weighted by atomic mass is 9.80. The van der Waals surface area contributed by atoms with E-state index in [1.54, 1.807) is 30.3 Å². The predicted molar refractivity (Wildman–Crippen MR) is 110 cm³/mol. The molecule has 1 amide bonds. The maximum Gasteiger partial charge on any atom is 0.275 e. The summed E-state index contributed by atoms with van der Waals surface area (Å²) < 4.78 is 19.8. The number of hydrogen-bond acceptors (Lipinski definition) is 4. The standard InChI is InChI=1S/C22H26FN3O2/c1-14-12-22(2,3)26(4)19-11-18(23)15(10-17(14)19)13-24-25-21(27)16-8-6-7-9-20(16)28-5/h6-11,13-14H,12H2,1-5H3,(H,25,27)/b24-13-. The first-order valence-electron chi connectivity index (χ1n) is 9.28. The Bertz CT molecular complexity index is 924. The summed E-state index contributed by atoms with van der Waals surface area (Å²) in [5.41, 5.74) is 5.10. The molecule has 1 heterocycles. The number of ether oxygens (including phenoxy) is 1. The smallest absolute Gasteiger partial charge is 0.275 e. The van der Waals surface area contributed by atoms with Crippen molar-refractivity contribution in [1.82, 2.24) is 5.43 Å². The zero-order valence-corrected chi connectivity index (χ0v) is 16.9.